The van der Waals surface area contributed by atoms with Gasteiger partial charge in [-0.2, -0.15) is 10.2 Å². The van der Waals surface area contributed by atoms with Gasteiger partial charge in [0.05, 0.1) is 11.7 Å². The highest BCUT2D eigenvalue weighted by Crippen LogP contribution is 2.33. The van der Waals surface area contributed by atoms with Gasteiger partial charge in [-0.1, -0.05) is 48.5 Å². The molecule has 1 atom stereocenters. The molecule has 0 aliphatic carbocycles. The molecule has 0 spiro atoms. The SMILES string of the molecule is O=C(c1n[nH]c2ccccc12)N1CCC[C@@H](c2[nH]ncc2-c2ccccc2)C1. The molecule has 6 heteroatoms. The number of hydrogen-bond acceptors (Lipinski definition) is 3. The molecule has 1 amide bonds. The third kappa shape index (κ3) is 2.87. The minimum atomic E-state index is -0.0112. The summed E-state index contributed by atoms with van der Waals surface area (Å²) in [6.07, 6.45) is 3.88. The number of carbonyl (C=O) groups excluding carboxylic acids is 1. The number of H-pyrrole nitrogens is 2. The lowest BCUT2D eigenvalue weighted by Crippen LogP contribution is -2.39. The lowest BCUT2D eigenvalue weighted by Gasteiger charge is -2.32. The molecule has 2 aromatic carbocycles. The van der Waals surface area contributed by atoms with Gasteiger partial charge >= 0.3 is 0 Å². The Morgan fingerprint density at radius 2 is 1.86 bits per heavy atom. The van der Waals surface area contributed by atoms with Crippen LogP contribution in [0, 0.1) is 0 Å². The number of nitrogens with zero attached hydrogens (tertiary/aromatic N) is 3. The van der Waals surface area contributed by atoms with Gasteiger partial charge < -0.3 is 4.90 Å². The number of aromatic nitrogens is 4. The quantitative estimate of drug-likeness (QED) is 0.572. The number of rotatable bonds is 3. The topological polar surface area (TPSA) is 77.7 Å². The van der Waals surface area contributed by atoms with E-state index in [0.717, 1.165) is 47.1 Å². The van der Waals surface area contributed by atoms with E-state index in [-0.39, 0.29) is 11.8 Å². The number of para-hydroxylation sites is 1. The summed E-state index contributed by atoms with van der Waals surface area (Å²) in [5.74, 6) is 0.225. The summed E-state index contributed by atoms with van der Waals surface area (Å²) in [7, 11) is 0. The van der Waals surface area contributed by atoms with Gasteiger partial charge in [-0.25, -0.2) is 0 Å². The normalized spacial score (nSPS) is 17.1. The van der Waals surface area contributed by atoms with Crippen LogP contribution in [-0.2, 0) is 0 Å². The number of likely N-dealkylation sites (tertiary alicyclic amines) is 1. The lowest BCUT2D eigenvalue weighted by molar-refractivity contribution is 0.0702. The molecule has 1 aliphatic heterocycles. The number of carbonyl (C=O) groups is 1. The van der Waals surface area contributed by atoms with E-state index in [1.807, 2.05) is 53.6 Å². The minimum Gasteiger partial charge on any atom is -0.337 e. The van der Waals surface area contributed by atoms with Crippen LogP contribution in [0.4, 0.5) is 0 Å². The molecule has 2 N–H and O–H groups in total. The third-order valence-electron chi connectivity index (χ3n) is 5.54. The van der Waals surface area contributed by atoms with Crippen LogP contribution in [0.25, 0.3) is 22.0 Å². The van der Waals surface area contributed by atoms with Gasteiger partial charge in [0, 0.05) is 35.7 Å². The van der Waals surface area contributed by atoms with Crippen molar-refractivity contribution >= 4 is 16.8 Å². The van der Waals surface area contributed by atoms with Crippen LogP contribution in [0.2, 0.25) is 0 Å². The number of amides is 1. The first-order chi connectivity index (χ1) is 13.8. The average molecular weight is 371 g/mol. The van der Waals surface area contributed by atoms with Crippen molar-refractivity contribution in [2.24, 2.45) is 0 Å². The van der Waals surface area contributed by atoms with Crippen molar-refractivity contribution in [3.63, 3.8) is 0 Å². The summed E-state index contributed by atoms with van der Waals surface area (Å²) in [5.41, 5.74) is 4.76. The van der Waals surface area contributed by atoms with Crippen LogP contribution in [0.1, 0.15) is 34.9 Å². The Bertz CT molecular complexity index is 1110. The van der Waals surface area contributed by atoms with Gasteiger partial charge in [0.15, 0.2) is 5.69 Å². The highest BCUT2D eigenvalue weighted by atomic mass is 16.2. The summed E-state index contributed by atoms with van der Waals surface area (Å²) in [4.78, 5) is 15.1. The van der Waals surface area contributed by atoms with Crippen molar-refractivity contribution < 1.29 is 4.79 Å². The van der Waals surface area contributed by atoms with E-state index >= 15 is 0 Å². The summed E-state index contributed by atoms with van der Waals surface area (Å²) in [6.45, 7) is 1.42. The van der Waals surface area contributed by atoms with E-state index in [0.29, 0.717) is 12.2 Å². The summed E-state index contributed by atoms with van der Waals surface area (Å²) < 4.78 is 0. The monoisotopic (exact) mass is 371 g/mol. The predicted octanol–water partition coefficient (Wildman–Crippen LogP) is 3.97. The fraction of sp³-hybridized carbons (Fsp3) is 0.227. The molecule has 1 aliphatic rings. The van der Waals surface area contributed by atoms with Crippen LogP contribution in [0.15, 0.2) is 60.8 Å². The Hall–Kier alpha value is -3.41. The third-order valence-corrected chi connectivity index (χ3v) is 5.54. The number of piperidine rings is 1. The zero-order chi connectivity index (χ0) is 18.9. The molecule has 0 radical (unpaired) electrons. The van der Waals surface area contributed by atoms with Crippen LogP contribution in [0.3, 0.4) is 0 Å². The summed E-state index contributed by atoms with van der Waals surface area (Å²) >= 11 is 0. The molecule has 140 valence electrons. The smallest absolute Gasteiger partial charge is 0.275 e. The van der Waals surface area contributed by atoms with Gasteiger partial charge in [0.1, 0.15) is 0 Å². The van der Waals surface area contributed by atoms with Crippen LogP contribution in [-0.4, -0.2) is 44.3 Å². The molecule has 1 saturated heterocycles. The molecule has 0 saturated carbocycles. The second-order valence-electron chi connectivity index (χ2n) is 7.27. The maximum Gasteiger partial charge on any atom is 0.275 e. The highest BCUT2D eigenvalue weighted by molar-refractivity contribution is 6.04. The fourth-order valence-corrected chi connectivity index (χ4v) is 4.13. The molecular formula is C22H21N5O. The Kier molecular flexibility index (Phi) is 4.16. The van der Waals surface area contributed by atoms with E-state index in [4.69, 9.17) is 0 Å². The molecule has 4 aromatic rings. The first-order valence-electron chi connectivity index (χ1n) is 9.62. The van der Waals surface area contributed by atoms with E-state index in [1.165, 1.54) is 0 Å². The lowest BCUT2D eigenvalue weighted by atomic mass is 9.90. The zero-order valence-corrected chi connectivity index (χ0v) is 15.4. The Balaban J connectivity index is 1.42. The Morgan fingerprint density at radius 1 is 1.04 bits per heavy atom. The van der Waals surface area contributed by atoms with Crippen molar-refractivity contribution in [1.82, 2.24) is 25.3 Å². The van der Waals surface area contributed by atoms with Gasteiger partial charge in [0.2, 0.25) is 0 Å². The van der Waals surface area contributed by atoms with Crippen molar-refractivity contribution in [2.75, 3.05) is 13.1 Å². The number of hydrogen-bond donors (Lipinski definition) is 2. The average Bonchev–Trinajstić information content (AvgIpc) is 3.41. The number of fused-ring (bicyclic) bond motifs is 1. The highest BCUT2D eigenvalue weighted by Gasteiger charge is 2.29. The molecule has 3 heterocycles. The van der Waals surface area contributed by atoms with Crippen LogP contribution in [0.5, 0.6) is 0 Å². The Morgan fingerprint density at radius 3 is 2.75 bits per heavy atom. The standard InChI is InChI=1S/C22H21N5O/c28-22(21-17-10-4-5-11-19(17)24-26-21)27-12-6-9-16(14-27)20-18(13-23-25-20)15-7-2-1-3-8-15/h1-5,7-8,10-11,13,16H,6,9,12,14H2,(H,23,25)(H,24,26)/t16-/m1/s1. The summed E-state index contributed by atoms with van der Waals surface area (Å²) in [5, 5.41) is 15.6. The molecule has 5 rings (SSSR count). The largest absolute Gasteiger partial charge is 0.337 e. The molecule has 0 bridgehead atoms. The van der Waals surface area contributed by atoms with Crippen molar-refractivity contribution in [2.45, 2.75) is 18.8 Å². The maximum absolute atomic E-state index is 13.2. The van der Waals surface area contributed by atoms with Crippen molar-refractivity contribution in [3.05, 3.63) is 72.2 Å². The number of aromatic amines is 2. The molecule has 28 heavy (non-hydrogen) atoms. The first-order valence-corrected chi connectivity index (χ1v) is 9.62. The van der Waals surface area contributed by atoms with E-state index in [2.05, 4.69) is 32.5 Å². The van der Waals surface area contributed by atoms with Gasteiger partial charge in [-0.15, -0.1) is 0 Å². The molecule has 2 aromatic heterocycles. The second kappa shape index (κ2) is 6.96. The number of benzene rings is 2. The van der Waals surface area contributed by atoms with Gasteiger partial charge in [0.25, 0.3) is 5.91 Å². The molecule has 1 fully saturated rings. The van der Waals surface area contributed by atoms with Crippen molar-refractivity contribution in [1.29, 1.82) is 0 Å². The number of nitrogens with one attached hydrogen (secondary N) is 2. The van der Waals surface area contributed by atoms with E-state index in [9.17, 15) is 4.79 Å². The fourth-order valence-electron chi connectivity index (χ4n) is 4.13. The van der Waals surface area contributed by atoms with E-state index < -0.39 is 0 Å². The van der Waals surface area contributed by atoms with Crippen LogP contribution < -0.4 is 0 Å². The maximum atomic E-state index is 13.2. The van der Waals surface area contributed by atoms with Crippen molar-refractivity contribution in [3.8, 4) is 11.1 Å². The molecule has 6 nitrogen and oxygen atoms in total. The van der Waals surface area contributed by atoms with Crippen LogP contribution >= 0.6 is 0 Å². The Labute approximate surface area is 162 Å². The summed E-state index contributed by atoms with van der Waals surface area (Å²) in [6, 6.07) is 18.0. The van der Waals surface area contributed by atoms with E-state index in [1.54, 1.807) is 0 Å². The predicted molar refractivity (Wildman–Crippen MR) is 108 cm³/mol. The molecule has 0 unspecified atom stereocenters. The first kappa shape index (κ1) is 16.7. The molecular weight excluding hydrogens is 350 g/mol. The minimum absolute atomic E-state index is 0.0112. The van der Waals surface area contributed by atoms with Gasteiger partial charge in [-0.3, -0.25) is 15.0 Å². The van der Waals surface area contributed by atoms with Gasteiger partial charge in [-0.05, 0) is 24.5 Å². The zero-order valence-electron chi connectivity index (χ0n) is 15.4. The second-order valence-corrected chi connectivity index (χ2v) is 7.27.